The molecule has 2 aromatic carbocycles. The van der Waals surface area contributed by atoms with Crippen LogP contribution in [0.5, 0.6) is 0 Å². The molecule has 1 aliphatic rings. The van der Waals surface area contributed by atoms with Crippen LogP contribution in [0.3, 0.4) is 0 Å². The number of furan rings is 1. The molecule has 1 aromatic heterocycles. The zero-order valence-electron chi connectivity index (χ0n) is 15.5. The zero-order valence-corrected chi connectivity index (χ0v) is 16.3. The van der Waals surface area contributed by atoms with E-state index >= 15 is 0 Å². The number of hydrogen-bond donors (Lipinski definition) is 1. The maximum absolute atomic E-state index is 13.2. The van der Waals surface area contributed by atoms with E-state index in [-0.39, 0.29) is 18.2 Å². The van der Waals surface area contributed by atoms with Crippen LogP contribution in [-0.4, -0.2) is 27.9 Å². The average Bonchev–Trinajstić information content (AvgIpc) is 3.32. The molecule has 29 heavy (non-hydrogen) atoms. The fraction of sp³-hybridized carbons (Fsp3) is 0.136. The minimum atomic E-state index is -0.712. The molecule has 1 fully saturated rings. The Bertz CT molecular complexity index is 1010. The number of carbonyl (C=O) groups excluding carboxylic acids is 2. The smallest absolute Gasteiger partial charge is 0.256 e. The number of thiocarbonyl (C=S) groups is 1. The lowest BCUT2D eigenvalue weighted by molar-refractivity contribution is -0.124. The average molecular weight is 405 g/mol. The predicted molar refractivity (Wildman–Crippen MR) is 114 cm³/mol. The minimum Gasteiger partial charge on any atom is -0.467 e. The van der Waals surface area contributed by atoms with Crippen LogP contribution in [0.15, 0.2) is 83.5 Å². The highest BCUT2D eigenvalue weighted by Crippen LogP contribution is 2.28. The van der Waals surface area contributed by atoms with E-state index in [1.54, 1.807) is 29.4 Å². The maximum Gasteiger partial charge on any atom is 0.256 e. The van der Waals surface area contributed by atoms with Gasteiger partial charge in [0.25, 0.3) is 5.91 Å². The van der Waals surface area contributed by atoms with Crippen LogP contribution in [-0.2, 0) is 16.1 Å². The van der Waals surface area contributed by atoms with Crippen LogP contribution < -0.4 is 10.2 Å². The highest BCUT2D eigenvalue weighted by atomic mass is 32.1. The SMILES string of the molecule is O=C(C[C@@H]1C(=O)N(c2ccccc2)C(=S)N1Cc1ccco1)Nc1ccccc1. The molecule has 3 aromatic rings. The fourth-order valence-electron chi connectivity index (χ4n) is 3.31. The molecule has 1 saturated heterocycles. The van der Waals surface area contributed by atoms with Crippen molar-refractivity contribution in [1.29, 1.82) is 0 Å². The summed E-state index contributed by atoms with van der Waals surface area (Å²) in [5.41, 5.74) is 1.36. The van der Waals surface area contributed by atoms with E-state index in [1.807, 2.05) is 54.6 Å². The molecule has 4 rings (SSSR count). The molecular weight excluding hydrogens is 386 g/mol. The number of nitrogens with zero attached hydrogens (tertiary/aromatic N) is 2. The predicted octanol–water partition coefficient (Wildman–Crippen LogP) is 3.81. The second-order valence-electron chi connectivity index (χ2n) is 6.63. The second kappa shape index (κ2) is 8.28. The van der Waals surface area contributed by atoms with Gasteiger partial charge in [0.15, 0.2) is 5.11 Å². The van der Waals surface area contributed by atoms with Gasteiger partial charge in [-0.1, -0.05) is 36.4 Å². The second-order valence-corrected chi connectivity index (χ2v) is 7.00. The lowest BCUT2D eigenvalue weighted by Crippen LogP contribution is -2.37. The van der Waals surface area contributed by atoms with Gasteiger partial charge in [-0.25, -0.2) is 0 Å². The Balaban J connectivity index is 1.58. The van der Waals surface area contributed by atoms with Crippen molar-refractivity contribution in [2.45, 2.75) is 19.0 Å². The molecule has 2 heterocycles. The van der Waals surface area contributed by atoms with E-state index in [9.17, 15) is 9.59 Å². The van der Waals surface area contributed by atoms with Crippen molar-refractivity contribution >= 4 is 40.5 Å². The van der Waals surface area contributed by atoms with Crippen LogP contribution in [0.2, 0.25) is 0 Å². The summed E-state index contributed by atoms with van der Waals surface area (Å²) in [6.07, 6.45) is 1.56. The first-order chi connectivity index (χ1) is 14.1. The molecule has 0 aliphatic carbocycles. The third-order valence-electron chi connectivity index (χ3n) is 4.68. The van der Waals surface area contributed by atoms with Gasteiger partial charge in [0.2, 0.25) is 5.91 Å². The monoisotopic (exact) mass is 405 g/mol. The van der Waals surface area contributed by atoms with Crippen LogP contribution in [0.4, 0.5) is 11.4 Å². The third kappa shape index (κ3) is 4.05. The fourth-order valence-corrected chi connectivity index (χ4v) is 3.70. The molecule has 1 aliphatic heterocycles. The third-order valence-corrected chi connectivity index (χ3v) is 5.09. The topological polar surface area (TPSA) is 65.8 Å². The van der Waals surface area contributed by atoms with Crippen molar-refractivity contribution < 1.29 is 14.0 Å². The van der Waals surface area contributed by atoms with Gasteiger partial charge in [-0.05, 0) is 48.6 Å². The number of benzene rings is 2. The van der Waals surface area contributed by atoms with E-state index in [0.717, 1.165) is 0 Å². The minimum absolute atomic E-state index is 0.0160. The largest absolute Gasteiger partial charge is 0.467 e. The molecule has 0 unspecified atom stereocenters. The molecule has 0 saturated carbocycles. The summed E-state index contributed by atoms with van der Waals surface area (Å²) in [5.74, 6) is 0.191. The van der Waals surface area contributed by atoms with Gasteiger partial charge in [0, 0.05) is 5.69 Å². The Hall–Kier alpha value is -3.45. The molecule has 0 spiro atoms. The summed E-state index contributed by atoms with van der Waals surface area (Å²) in [6.45, 7) is 0.310. The number of rotatable bonds is 6. The quantitative estimate of drug-likeness (QED) is 0.632. The molecule has 0 bridgehead atoms. The number of anilines is 2. The number of hydrogen-bond acceptors (Lipinski definition) is 4. The summed E-state index contributed by atoms with van der Waals surface area (Å²) in [4.78, 5) is 29.1. The Labute approximate surface area is 173 Å². The van der Waals surface area contributed by atoms with Crippen LogP contribution in [0, 0.1) is 0 Å². The van der Waals surface area contributed by atoms with Gasteiger partial charge in [0.1, 0.15) is 11.8 Å². The van der Waals surface area contributed by atoms with Crippen LogP contribution >= 0.6 is 12.2 Å². The highest BCUT2D eigenvalue weighted by molar-refractivity contribution is 7.80. The van der Waals surface area contributed by atoms with E-state index in [2.05, 4.69) is 5.32 Å². The first-order valence-corrected chi connectivity index (χ1v) is 9.61. The summed E-state index contributed by atoms with van der Waals surface area (Å²) in [6, 6.07) is 21.2. The number of carbonyl (C=O) groups is 2. The summed E-state index contributed by atoms with van der Waals surface area (Å²) in [7, 11) is 0. The molecule has 1 atom stereocenters. The first-order valence-electron chi connectivity index (χ1n) is 9.20. The molecular formula is C22H19N3O3S. The standard InChI is InChI=1S/C22H19N3O3S/c26-20(23-16-8-3-1-4-9-16)14-19-21(27)25(17-10-5-2-6-11-17)22(29)24(19)15-18-12-7-13-28-18/h1-13,19H,14-15H2,(H,23,26)/t19-/m1/s1. The molecule has 6 nitrogen and oxygen atoms in total. The summed E-state index contributed by atoms with van der Waals surface area (Å²) in [5, 5.41) is 3.19. The normalized spacial score (nSPS) is 16.3. The van der Waals surface area contributed by atoms with E-state index in [1.165, 1.54) is 4.90 Å². The van der Waals surface area contributed by atoms with Crippen molar-refractivity contribution in [3.05, 3.63) is 84.8 Å². The van der Waals surface area contributed by atoms with E-state index in [4.69, 9.17) is 16.6 Å². The van der Waals surface area contributed by atoms with Crippen molar-refractivity contribution in [2.75, 3.05) is 10.2 Å². The lowest BCUT2D eigenvalue weighted by Gasteiger charge is -2.22. The van der Waals surface area contributed by atoms with Crippen molar-refractivity contribution in [1.82, 2.24) is 4.90 Å². The number of nitrogens with one attached hydrogen (secondary N) is 1. The van der Waals surface area contributed by atoms with E-state index in [0.29, 0.717) is 28.8 Å². The maximum atomic E-state index is 13.2. The Kier molecular flexibility index (Phi) is 5.39. The Morgan fingerprint density at radius 2 is 1.69 bits per heavy atom. The van der Waals surface area contributed by atoms with E-state index < -0.39 is 6.04 Å². The van der Waals surface area contributed by atoms with Gasteiger partial charge in [-0.15, -0.1) is 0 Å². The van der Waals surface area contributed by atoms with Gasteiger partial charge in [-0.3, -0.25) is 14.5 Å². The van der Waals surface area contributed by atoms with Crippen molar-refractivity contribution in [2.24, 2.45) is 0 Å². The van der Waals surface area contributed by atoms with Gasteiger partial charge >= 0.3 is 0 Å². The van der Waals surface area contributed by atoms with Crippen LogP contribution in [0.1, 0.15) is 12.2 Å². The number of amides is 2. The van der Waals surface area contributed by atoms with Crippen molar-refractivity contribution in [3.63, 3.8) is 0 Å². The molecule has 146 valence electrons. The number of para-hydroxylation sites is 2. The first kappa shape index (κ1) is 18.9. The summed E-state index contributed by atoms with van der Waals surface area (Å²) < 4.78 is 5.44. The molecule has 0 radical (unpaired) electrons. The summed E-state index contributed by atoms with van der Waals surface area (Å²) >= 11 is 5.61. The Morgan fingerprint density at radius 3 is 2.34 bits per heavy atom. The van der Waals surface area contributed by atoms with Crippen molar-refractivity contribution in [3.8, 4) is 0 Å². The van der Waals surface area contributed by atoms with Gasteiger partial charge < -0.3 is 14.6 Å². The van der Waals surface area contributed by atoms with Gasteiger partial charge in [-0.2, -0.15) is 0 Å². The Morgan fingerprint density at radius 1 is 1.00 bits per heavy atom. The zero-order chi connectivity index (χ0) is 20.2. The van der Waals surface area contributed by atoms with Crippen LogP contribution in [0.25, 0.3) is 0 Å². The lowest BCUT2D eigenvalue weighted by atomic mass is 10.1. The molecule has 7 heteroatoms. The molecule has 2 amide bonds. The van der Waals surface area contributed by atoms with Gasteiger partial charge in [0.05, 0.1) is 24.9 Å². The highest BCUT2D eigenvalue weighted by Gasteiger charge is 2.44. The molecule has 1 N–H and O–H groups in total.